The van der Waals surface area contributed by atoms with E-state index in [1.807, 2.05) is 31.2 Å². The van der Waals surface area contributed by atoms with Gasteiger partial charge in [-0.15, -0.1) is 0 Å². The predicted molar refractivity (Wildman–Crippen MR) is 92.6 cm³/mol. The first kappa shape index (κ1) is 15.3. The van der Waals surface area contributed by atoms with Gasteiger partial charge in [0, 0.05) is 11.8 Å². The van der Waals surface area contributed by atoms with Crippen LogP contribution in [0.1, 0.15) is 15.9 Å². The number of halogens is 1. The molecule has 0 aliphatic heterocycles. The Kier molecular flexibility index (Phi) is 3.70. The highest BCUT2D eigenvalue weighted by Crippen LogP contribution is 2.30. The molecule has 0 spiro atoms. The van der Waals surface area contributed by atoms with Gasteiger partial charge in [-0.1, -0.05) is 41.0 Å². The Bertz CT molecular complexity index is 1090. The standard InChI is InChI=1S/C17H12ClN5O2/c1-10-4-2-3-5-11(10)15-13(9-20-25-15)21-17(24)12-8-19-23-7-6-14(18)22-16(12)23/h2-9H,1H3,(H,21,24). The predicted octanol–water partition coefficient (Wildman–Crippen LogP) is 3.60. The molecule has 0 unspecified atom stereocenters. The van der Waals surface area contributed by atoms with Crippen molar-refractivity contribution < 1.29 is 9.32 Å². The van der Waals surface area contributed by atoms with E-state index in [1.54, 1.807) is 12.3 Å². The number of hydrogen-bond acceptors (Lipinski definition) is 5. The summed E-state index contributed by atoms with van der Waals surface area (Å²) in [5, 5.41) is 11.0. The molecule has 4 aromatic rings. The number of benzene rings is 1. The molecular formula is C17H12ClN5O2. The highest BCUT2D eigenvalue weighted by molar-refractivity contribution is 6.29. The molecule has 0 radical (unpaired) electrons. The summed E-state index contributed by atoms with van der Waals surface area (Å²) in [6.07, 6.45) is 4.54. The van der Waals surface area contributed by atoms with Crippen LogP contribution in [0.4, 0.5) is 5.69 Å². The molecule has 0 saturated carbocycles. The number of rotatable bonds is 3. The maximum Gasteiger partial charge on any atom is 0.261 e. The van der Waals surface area contributed by atoms with Crippen molar-refractivity contribution >= 4 is 28.8 Å². The maximum absolute atomic E-state index is 12.6. The molecule has 0 bridgehead atoms. The van der Waals surface area contributed by atoms with E-state index in [-0.39, 0.29) is 11.1 Å². The molecule has 1 aromatic carbocycles. The Hall–Kier alpha value is -3.19. The molecule has 3 aromatic heterocycles. The molecule has 25 heavy (non-hydrogen) atoms. The number of amides is 1. The Labute approximate surface area is 147 Å². The number of nitrogens with zero attached hydrogens (tertiary/aromatic N) is 4. The molecule has 7 nitrogen and oxygen atoms in total. The van der Waals surface area contributed by atoms with Crippen LogP contribution in [-0.2, 0) is 0 Å². The molecule has 124 valence electrons. The van der Waals surface area contributed by atoms with Crippen LogP contribution in [0.3, 0.4) is 0 Å². The Morgan fingerprint density at radius 2 is 2.08 bits per heavy atom. The molecule has 0 aliphatic rings. The summed E-state index contributed by atoms with van der Waals surface area (Å²) in [6, 6.07) is 9.29. The Balaban J connectivity index is 1.69. The van der Waals surface area contributed by atoms with Gasteiger partial charge in [-0.3, -0.25) is 4.79 Å². The van der Waals surface area contributed by atoms with E-state index in [0.717, 1.165) is 11.1 Å². The van der Waals surface area contributed by atoms with E-state index >= 15 is 0 Å². The van der Waals surface area contributed by atoms with E-state index < -0.39 is 0 Å². The number of fused-ring (bicyclic) bond motifs is 1. The number of carbonyl (C=O) groups is 1. The fraction of sp³-hybridized carbons (Fsp3) is 0.0588. The van der Waals surface area contributed by atoms with Crippen LogP contribution in [0.5, 0.6) is 0 Å². The van der Waals surface area contributed by atoms with Gasteiger partial charge in [-0.25, -0.2) is 9.50 Å². The van der Waals surface area contributed by atoms with Gasteiger partial charge in [0.25, 0.3) is 5.91 Å². The van der Waals surface area contributed by atoms with Crippen LogP contribution >= 0.6 is 11.6 Å². The third-order valence-electron chi connectivity index (χ3n) is 3.79. The molecule has 4 rings (SSSR count). The van der Waals surface area contributed by atoms with Crippen molar-refractivity contribution in [2.75, 3.05) is 5.32 Å². The second-order valence-electron chi connectivity index (χ2n) is 5.41. The highest BCUT2D eigenvalue weighted by atomic mass is 35.5. The lowest BCUT2D eigenvalue weighted by atomic mass is 10.1. The minimum Gasteiger partial charge on any atom is -0.354 e. The molecule has 0 aliphatic carbocycles. The smallest absolute Gasteiger partial charge is 0.261 e. The summed E-state index contributed by atoms with van der Waals surface area (Å²) in [4.78, 5) is 16.8. The zero-order valence-corrected chi connectivity index (χ0v) is 13.9. The molecule has 8 heteroatoms. The number of nitrogens with one attached hydrogen (secondary N) is 1. The second-order valence-corrected chi connectivity index (χ2v) is 5.80. The fourth-order valence-corrected chi connectivity index (χ4v) is 2.68. The lowest BCUT2D eigenvalue weighted by Crippen LogP contribution is -2.12. The first-order chi connectivity index (χ1) is 12.1. The number of carbonyl (C=O) groups excluding carboxylic acids is 1. The van der Waals surface area contributed by atoms with Gasteiger partial charge in [0.1, 0.15) is 16.4 Å². The monoisotopic (exact) mass is 353 g/mol. The molecule has 1 amide bonds. The van der Waals surface area contributed by atoms with Crippen LogP contribution in [0, 0.1) is 6.92 Å². The molecular weight excluding hydrogens is 342 g/mol. The minimum absolute atomic E-state index is 0.285. The zero-order chi connectivity index (χ0) is 17.4. The van der Waals surface area contributed by atoms with Crippen molar-refractivity contribution in [2.24, 2.45) is 0 Å². The lowest BCUT2D eigenvalue weighted by Gasteiger charge is -2.05. The van der Waals surface area contributed by atoms with Crippen molar-refractivity contribution in [2.45, 2.75) is 6.92 Å². The average molecular weight is 354 g/mol. The van der Waals surface area contributed by atoms with Gasteiger partial charge in [0.2, 0.25) is 0 Å². The second kappa shape index (κ2) is 6.03. The van der Waals surface area contributed by atoms with Gasteiger partial charge in [0.15, 0.2) is 11.4 Å². The van der Waals surface area contributed by atoms with Crippen molar-refractivity contribution in [3.05, 3.63) is 65.2 Å². The third-order valence-corrected chi connectivity index (χ3v) is 4.00. The van der Waals surface area contributed by atoms with Crippen molar-refractivity contribution in [1.29, 1.82) is 0 Å². The summed E-state index contributed by atoms with van der Waals surface area (Å²) in [5.41, 5.74) is 3.02. The molecule has 0 saturated heterocycles. The van der Waals surface area contributed by atoms with Gasteiger partial charge in [-0.2, -0.15) is 5.10 Å². The van der Waals surface area contributed by atoms with Gasteiger partial charge in [-0.05, 0) is 18.6 Å². The minimum atomic E-state index is -0.372. The van der Waals surface area contributed by atoms with Crippen molar-refractivity contribution in [1.82, 2.24) is 19.8 Å². The highest BCUT2D eigenvalue weighted by Gasteiger charge is 2.19. The van der Waals surface area contributed by atoms with E-state index in [0.29, 0.717) is 22.7 Å². The Morgan fingerprint density at radius 1 is 1.24 bits per heavy atom. The van der Waals surface area contributed by atoms with E-state index in [1.165, 1.54) is 16.9 Å². The molecule has 0 fully saturated rings. The SMILES string of the molecule is Cc1ccccc1-c1oncc1NC(=O)c1cnn2ccc(Cl)nc12. The third kappa shape index (κ3) is 2.74. The van der Waals surface area contributed by atoms with E-state index in [9.17, 15) is 4.79 Å². The maximum atomic E-state index is 12.6. The fourth-order valence-electron chi connectivity index (χ4n) is 2.55. The van der Waals surface area contributed by atoms with E-state index in [4.69, 9.17) is 16.1 Å². The van der Waals surface area contributed by atoms with Gasteiger partial charge < -0.3 is 9.84 Å². The van der Waals surface area contributed by atoms with Crippen molar-refractivity contribution in [3.8, 4) is 11.3 Å². The summed E-state index contributed by atoms with van der Waals surface area (Å²) in [5.74, 6) is 0.122. The number of aryl methyl sites for hydroxylation is 1. The molecule has 3 heterocycles. The largest absolute Gasteiger partial charge is 0.354 e. The molecule has 0 atom stereocenters. The van der Waals surface area contributed by atoms with Crippen LogP contribution in [-0.4, -0.2) is 25.7 Å². The summed E-state index contributed by atoms with van der Waals surface area (Å²) >= 11 is 5.91. The topological polar surface area (TPSA) is 85.3 Å². The van der Waals surface area contributed by atoms with Crippen LogP contribution in [0.2, 0.25) is 5.15 Å². The molecule has 1 N–H and O–H groups in total. The quantitative estimate of drug-likeness (QED) is 0.569. The lowest BCUT2D eigenvalue weighted by molar-refractivity contribution is 0.102. The van der Waals surface area contributed by atoms with E-state index in [2.05, 4.69) is 20.6 Å². The normalized spacial score (nSPS) is 11.0. The Morgan fingerprint density at radius 3 is 2.92 bits per heavy atom. The summed E-state index contributed by atoms with van der Waals surface area (Å²) < 4.78 is 6.82. The number of hydrogen-bond donors (Lipinski definition) is 1. The zero-order valence-electron chi connectivity index (χ0n) is 13.1. The van der Waals surface area contributed by atoms with Crippen LogP contribution in [0.25, 0.3) is 17.0 Å². The number of anilines is 1. The van der Waals surface area contributed by atoms with Crippen LogP contribution in [0.15, 0.2) is 53.4 Å². The average Bonchev–Trinajstić information content (AvgIpc) is 3.21. The van der Waals surface area contributed by atoms with Gasteiger partial charge in [0.05, 0.1) is 12.4 Å². The summed E-state index contributed by atoms with van der Waals surface area (Å²) in [7, 11) is 0. The first-order valence-corrected chi connectivity index (χ1v) is 7.83. The van der Waals surface area contributed by atoms with Crippen LogP contribution < -0.4 is 5.32 Å². The van der Waals surface area contributed by atoms with Crippen molar-refractivity contribution in [3.63, 3.8) is 0 Å². The number of aromatic nitrogens is 4. The first-order valence-electron chi connectivity index (χ1n) is 7.45. The summed E-state index contributed by atoms with van der Waals surface area (Å²) in [6.45, 7) is 1.96. The van der Waals surface area contributed by atoms with Gasteiger partial charge >= 0.3 is 0 Å².